The average molecular weight is 243 g/mol. The Labute approximate surface area is 106 Å². The van der Waals surface area contributed by atoms with Crippen molar-refractivity contribution in [2.75, 3.05) is 6.61 Å². The lowest BCUT2D eigenvalue weighted by atomic mass is 9.94. The first kappa shape index (κ1) is 12.6. The number of carbonyl (C=O) groups is 1. The van der Waals surface area contributed by atoms with E-state index in [4.69, 9.17) is 10.8 Å². The minimum atomic E-state index is -0.389. The molecule has 3 heteroatoms. The van der Waals surface area contributed by atoms with Crippen molar-refractivity contribution in [2.45, 2.75) is 19.3 Å². The highest BCUT2D eigenvalue weighted by atomic mass is 16.2. The van der Waals surface area contributed by atoms with E-state index in [1.807, 2.05) is 30.3 Å². The molecule has 0 saturated carbocycles. The Morgan fingerprint density at radius 2 is 1.89 bits per heavy atom. The Morgan fingerprint density at radius 1 is 1.11 bits per heavy atom. The van der Waals surface area contributed by atoms with Gasteiger partial charge in [-0.05, 0) is 41.7 Å². The molecule has 3 nitrogen and oxygen atoms in total. The Kier molecular flexibility index (Phi) is 3.95. The molecule has 0 aliphatic rings. The monoisotopic (exact) mass is 243 g/mol. The second-order valence-corrected chi connectivity index (χ2v) is 4.36. The van der Waals surface area contributed by atoms with Crippen molar-refractivity contribution >= 4 is 16.7 Å². The van der Waals surface area contributed by atoms with Crippen LogP contribution in [0.1, 0.15) is 28.8 Å². The zero-order chi connectivity index (χ0) is 13.0. The molecule has 2 rings (SSSR count). The predicted molar refractivity (Wildman–Crippen MR) is 72.5 cm³/mol. The first-order chi connectivity index (χ1) is 8.74. The molecule has 0 fully saturated rings. The third-order valence-corrected chi connectivity index (χ3v) is 3.14. The first-order valence-electron chi connectivity index (χ1n) is 6.15. The Hall–Kier alpha value is -1.87. The summed E-state index contributed by atoms with van der Waals surface area (Å²) in [6, 6.07) is 11.7. The van der Waals surface area contributed by atoms with Crippen molar-refractivity contribution < 1.29 is 9.90 Å². The van der Waals surface area contributed by atoms with Crippen LogP contribution >= 0.6 is 0 Å². The van der Waals surface area contributed by atoms with Gasteiger partial charge in [-0.25, -0.2) is 0 Å². The highest BCUT2D eigenvalue weighted by Crippen LogP contribution is 2.24. The maximum atomic E-state index is 11.5. The Bertz CT molecular complexity index is 563. The van der Waals surface area contributed by atoms with Crippen LogP contribution in [0.25, 0.3) is 10.8 Å². The van der Waals surface area contributed by atoms with Crippen LogP contribution in [0.4, 0.5) is 0 Å². The van der Waals surface area contributed by atoms with E-state index in [0.29, 0.717) is 5.56 Å². The molecule has 0 aliphatic carbocycles. The zero-order valence-corrected chi connectivity index (χ0v) is 10.2. The zero-order valence-electron chi connectivity index (χ0n) is 10.2. The number of aliphatic hydroxyl groups excluding tert-OH is 1. The summed E-state index contributed by atoms with van der Waals surface area (Å²) >= 11 is 0. The fraction of sp³-hybridized carbons (Fsp3) is 0.267. The van der Waals surface area contributed by atoms with Crippen LogP contribution in [0.15, 0.2) is 36.4 Å². The minimum absolute atomic E-state index is 0.177. The molecule has 0 aromatic heterocycles. The molecule has 0 saturated heterocycles. The van der Waals surface area contributed by atoms with Gasteiger partial charge in [0.25, 0.3) is 0 Å². The number of primary amides is 1. The number of amides is 1. The number of carbonyl (C=O) groups excluding carboxylic acids is 1. The molecule has 3 N–H and O–H groups in total. The Balaban J connectivity index is 2.48. The second-order valence-electron chi connectivity index (χ2n) is 4.36. The molecule has 1 amide bonds. The first-order valence-corrected chi connectivity index (χ1v) is 6.15. The SMILES string of the molecule is NC(=O)c1ccc2ccccc2c1CCCCO. The summed E-state index contributed by atoms with van der Waals surface area (Å²) in [6.07, 6.45) is 2.35. The van der Waals surface area contributed by atoms with E-state index in [9.17, 15) is 4.79 Å². The molecule has 0 radical (unpaired) electrons. The number of unbranched alkanes of at least 4 members (excludes halogenated alkanes) is 1. The molecule has 2 aromatic rings. The maximum absolute atomic E-state index is 11.5. The highest BCUT2D eigenvalue weighted by Gasteiger charge is 2.11. The topological polar surface area (TPSA) is 63.3 Å². The van der Waals surface area contributed by atoms with Crippen molar-refractivity contribution in [2.24, 2.45) is 5.73 Å². The summed E-state index contributed by atoms with van der Waals surface area (Å²) in [6.45, 7) is 0.177. The number of nitrogens with two attached hydrogens (primary N) is 1. The molecule has 0 unspecified atom stereocenters. The van der Waals surface area contributed by atoms with Crippen LogP contribution in [0.5, 0.6) is 0 Å². The van der Waals surface area contributed by atoms with Gasteiger partial charge in [0.2, 0.25) is 5.91 Å². The lowest BCUT2D eigenvalue weighted by Crippen LogP contribution is -2.14. The molecule has 0 atom stereocenters. The largest absolute Gasteiger partial charge is 0.396 e. The lowest BCUT2D eigenvalue weighted by Gasteiger charge is -2.10. The van der Waals surface area contributed by atoms with Gasteiger partial charge in [-0.2, -0.15) is 0 Å². The third-order valence-electron chi connectivity index (χ3n) is 3.14. The number of benzene rings is 2. The summed E-state index contributed by atoms with van der Waals surface area (Å²) in [5.74, 6) is -0.389. The number of aliphatic hydroxyl groups is 1. The minimum Gasteiger partial charge on any atom is -0.396 e. The second kappa shape index (κ2) is 5.65. The van der Waals surface area contributed by atoms with E-state index in [1.165, 1.54) is 0 Å². The summed E-state index contributed by atoms with van der Waals surface area (Å²) in [5, 5.41) is 11.0. The summed E-state index contributed by atoms with van der Waals surface area (Å²) < 4.78 is 0. The van der Waals surface area contributed by atoms with Crippen molar-refractivity contribution in [3.63, 3.8) is 0 Å². The van der Waals surface area contributed by atoms with Gasteiger partial charge in [0.1, 0.15) is 0 Å². The van der Waals surface area contributed by atoms with Crippen molar-refractivity contribution in [1.29, 1.82) is 0 Å². The van der Waals surface area contributed by atoms with E-state index < -0.39 is 0 Å². The van der Waals surface area contributed by atoms with Gasteiger partial charge in [-0.3, -0.25) is 4.79 Å². The molecule has 0 heterocycles. The highest BCUT2D eigenvalue weighted by molar-refractivity contribution is 6.00. The van der Waals surface area contributed by atoms with Crippen molar-refractivity contribution in [3.05, 3.63) is 47.5 Å². The van der Waals surface area contributed by atoms with Gasteiger partial charge >= 0.3 is 0 Å². The van der Waals surface area contributed by atoms with E-state index >= 15 is 0 Å². The number of rotatable bonds is 5. The average Bonchev–Trinajstić information content (AvgIpc) is 2.38. The molecule has 18 heavy (non-hydrogen) atoms. The third kappa shape index (κ3) is 2.51. The van der Waals surface area contributed by atoms with Crippen LogP contribution in [0.2, 0.25) is 0 Å². The van der Waals surface area contributed by atoms with Gasteiger partial charge in [0, 0.05) is 12.2 Å². The van der Waals surface area contributed by atoms with Crippen molar-refractivity contribution in [1.82, 2.24) is 0 Å². The standard InChI is InChI=1S/C15H17NO2/c16-15(18)14-9-8-11-5-1-2-6-12(11)13(14)7-3-4-10-17/h1-2,5-6,8-9,17H,3-4,7,10H2,(H2,16,18). The summed E-state index contributed by atoms with van der Waals surface area (Å²) in [7, 11) is 0. The van der Waals surface area contributed by atoms with Crippen molar-refractivity contribution in [3.8, 4) is 0 Å². The molecule has 2 aromatic carbocycles. The molecular formula is C15H17NO2. The number of hydrogen-bond acceptors (Lipinski definition) is 2. The lowest BCUT2D eigenvalue weighted by molar-refractivity contribution is 0.0999. The molecule has 0 aliphatic heterocycles. The van der Waals surface area contributed by atoms with Crippen LogP contribution in [0, 0.1) is 0 Å². The van der Waals surface area contributed by atoms with Gasteiger partial charge in [0.05, 0.1) is 0 Å². The number of fused-ring (bicyclic) bond motifs is 1. The van der Waals surface area contributed by atoms with E-state index in [1.54, 1.807) is 6.07 Å². The van der Waals surface area contributed by atoms with E-state index in [0.717, 1.165) is 35.6 Å². The van der Waals surface area contributed by atoms with E-state index in [-0.39, 0.29) is 12.5 Å². The van der Waals surface area contributed by atoms with Crippen LogP contribution in [-0.2, 0) is 6.42 Å². The van der Waals surface area contributed by atoms with Gasteiger partial charge in [-0.1, -0.05) is 30.3 Å². The summed E-state index contributed by atoms with van der Waals surface area (Å²) in [4.78, 5) is 11.5. The van der Waals surface area contributed by atoms with Crippen LogP contribution in [0.3, 0.4) is 0 Å². The van der Waals surface area contributed by atoms with Gasteiger partial charge in [-0.15, -0.1) is 0 Å². The number of aryl methyl sites for hydroxylation is 1. The summed E-state index contributed by atoms with van der Waals surface area (Å²) in [5.41, 5.74) is 7.01. The smallest absolute Gasteiger partial charge is 0.248 e. The molecular weight excluding hydrogens is 226 g/mol. The van der Waals surface area contributed by atoms with E-state index in [2.05, 4.69) is 0 Å². The fourth-order valence-electron chi connectivity index (χ4n) is 2.25. The van der Waals surface area contributed by atoms with Gasteiger partial charge < -0.3 is 10.8 Å². The molecule has 0 bridgehead atoms. The Morgan fingerprint density at radius 3 is 2.61 bits per heavy atom. The van der Waals surface area contributed by atoms with Crippen LogP contribution in [-0.4, -0.2) is 17.6 Å². The quantitative estimate of drug-likeness (QED) is 0.791. The normalized spacial score (nSPS) is 10.7. The number of hydrogen-bond donors (Lipinski definition) is 2. The molecule has 0 spiro atoms. The van der Waals surface area contributed by atoms with Crippen LogP contribution < -0.4 is 5.73 Å². The maximum Gasteiger partial charge on any atom is 0.248 e. The predicted octanol–water partition coefficient (Wildman–Crippen LogP) is 2.25. The fourth-order valence-corrected chi connectivity index (χ4v) is 2.25. The van der Waals surface area contributed by atoms with Gasteiger partial charge in [0.15, 0.2) is 0 Å². The molecule has 94 valence electrons.